The molecule has 2 rings (SSSR count). The Morgan fingerprint density at radius 2 is 1.71 bits per heavy atom. The largest absolute Gasteiger partial charge is 0.352 e. The van der Waals surface area contributed by atoms with E-state index in [4.69, 9.17) is 0 Å². The number of hydrogen-bond donors (Lipinski definition) is 2. The van der Waals surface area contributed by atoms with Crippen LogP contribution in [-0.2, 0) is 11.3 Å². The van der Waals surface area contributed by atoms with E-state index in [-0.39, 0.29) is 37.1 Å². The highest BCUT2D eigenvalue weighted by Crippen LogP contribution is 2.17. The summed E-state index contributed by atoms with van der Waals surface area (Å²) in [7, 11) is 0. The highest BCUT2D eigenvalue weighted by molar-refractivity contribution is 9.10. The number of carbonyl (C=O) groups is 2. The molecule has 0 bridgehead atoms. The molecule has 0 aromatic heterocycles. The molecular weight excluding hydrogens is 443 g/mol. The molecule has 0 saturated carbocycles. The molecule has 2 aromatic rings. The number of benzene rings is 2. The summed E-state index contributed by atoms with van der Waals surface area (Å²) in [4.78, 5) is 23.7. The Kier molecular flexibility index (Phi) is 6.93. The van der Waals surface area contributed by atoms with Crippen LogP contribution in [0.2, 0.25) is 0 Å². The summed E-state index contributed by atoms with van der Waals surface area (Å²) in [6.45, 7) is 0.447. The highest BCUT2D eigenvalue weighted by atomic mass is 79.9. The van der Waals surface area contributed by atoms with Gasteiger partial charge in [0.25, 0.3) is 5.91 Å². The Bertz CT molecular complexity index is 736. The van der Waals surface area contributed by atoms with Gasteiger partial charge in [0, 0.05) is 34.0 Å². The molecule has 0 aliphatic carbocycles. The van der Waals surface area contributed by atoms with Crippen molar-refractivity contribution in [1.82, 2.24) is 10.6 Å². The molecule has 0 saturated heterocycles. The fourth-order valence-corrected chi connectivity index (χ4v) is 2.61. The zero-order valence-electron chi connectivity index (χ0n) is 12.6. The van der Waals surface area contributed by atoms with Gasteiger partial charge in [0.05, 0.1) is 0 Å². The Morgan fingerprint density at radius 3 is 2.42 bits per heavy atom. The number of hydrogen-bond acceptors (Lipinski definition) is 2. The van der Waals surface area contributed by atoms with Crippen LogP contribution >= 0.6 is 31.9 Å². The van der Waals surface area contributed by atoms with Crippen LogP contribution in [0.3, 0.4) is 0 Å². The third-order valence-corrected chi connectivity index (χ3v) is 4.53. The zero-order chi connectivity index (χ0) is 17.5. The third-order valence-electron chi connectivity index (χ3n) is 3.23. The first-order valence-corrected chi connectivity index (χ1v) is 8.78. The summed E-state index contributed by atoms with van der Waals surface area (Å²) >= 11 is 6.61. The predicted molar refractivity (Wildman–Crippen MR) is 97.0 cm³/mol. The first-order valence-electron chi connectivity index (χ1n) is 7.20. The molecule has 0 fully saturated rings. The molecule has 2 amide bonds. The standard InChI is InChI=1S/C17H15Br2FN2O2/c18-13-3-1-11(2-4-13)17(24)21-8-7-16(23)22-10-12-9-14(20)5-6-15(12)19/h1-6,9H,7-8,10H2,(H,21,24)(H,22,23). The second-order valence-electron chi connectivity index (χ2n) is 5.03. The Labute approximate surface area is 156 Å². The first-order chi connectivity index (χ1) is 11.5. The lowest BCUT2D eigenvalue weighted by Crippen LogP contribution is -2.30. The quantitative estimate of drug-likeness (QED) is 0.693. The molecule has 126 valence electrons. The van der Waals surface area contributed by atoms with Crippen LogP contribution in [0.1, 0.15) is 22.3 Å². The molecule has 0 aliphatic heterocycles. The number of halogens is 3. The summed E-state index contributed by atoms with van der Waals surface area (Å²) in [5.74, 6) is -0.811. The molecule has 0 spiro atoms. The van der Waals surface area contributed by atoms with Gasteiger partial charge in [-0.25, -0.2) is 4.39 Å². The topological polar surface area (TPSA) is 58.2 Å². The van der Waals surface area contributed by atoms with E-state index in [9.17, 15) is 14.0 Å². The molecule has 0 radical (unpaired) electrons. The first kappa shape index (κ1) is 18.6. The van der Waals surface area contributed by atoms with Crippen molar-refractivity contribution in [1.29, 1.82) is 0 Å². The molecule has 7 heteroatoms. The third kappa shape index (κ3) is 5.72. The Balaban J connectivity index is 1.74. The normalized spacial score (nSPS) is 10.3. The lowest BCUT2D eigenvalue weighted by Gasteiger charge is -2.08. The van der Waals surface area contributed by atoms with Crippen molar-refractivity contribution in [2.75, 3.05) is 6.54 Å². The molecular formula is C17H15Br2FN2O2. The minimum Gasteiger partial charge on any atom is -0.352 e. The van der Waals surface area contributed by atoms with E-state index in [1.54, 1.807) is 30.3 Å². The fourth-order valence-electron chi connectivity index (χ4n) is 1.95. The van der Waals surface area contributed by atoms with Crippen molar-refractivity contribution < 1.29 is 14.0 Å². The Hall–Kier alpha value is -1.73. The van der Waals surface area contributed by atoms with E-state index < -0.39 is 0 Å². The second-order valence-corrected chi connectivity index (χ2v) is 6.80. The van der Waals surface area contributed by atoms with Crippen LogP contribution < -0.4 is 10.6 Å². The summed E-state index contributed by atoms with van der Waals surface area (Å²) in [5.41, 5.74) is 1.18. The number of rotatable bonds is 6. The highest BCUT2D eigenvalue weighted by Gasteiger charge is 2.08. The van der Waals surface area contributed by atoms with Gasteiger partial charge in [-0.15, -0.1) is 0 Å². The molecule has 0 heterocycles. The van der Waals surface area contributed by atoms with Crippen molar-refractivity contribution >= 4 is 43.7 Å². The van der Waals surface area contributed by atoms with Crippen molar-refractivity contribution in [3.8, 4) is 0 Å². The van der Waals surface area contributed by atoms with Crippen molar-refractivity contribution in [3.05, 3.63) is 68.4 Å². The van der Waals surface area contributed by atoms with Crippen LogP contribution in [0, 0.1) is 5.82 Å². The Morgan fingerprint density at radius 1 is 1.00 bits per heavy atom. The van der Waals surface area contributed by atoms with E-state index in [0.717, 1.165) is 8.95 Å². The smallest absolute Gasteiger partial charge is 0.251 e. The van der Waals surface area contributed by atoms with Crippen LogP contribution in [0.15, 0.2) is 51.4 Å². The van der Waals surface area contributed by atoms with Gasteiger partial charge in [0.15, 0.2) is 0 Å². The van der Waals surface area contributed by atoms with E-state index >= 15 is 0 Å². The van der Waals surface area contributed by atoms with Gasteiger partial charge < -0.3 is 10.6 Å². The maximum absolute atomic E-state index is 13.2. The van der Waals surface area contributed by atoms with Gasteiger partial charge in [0.2, 0.25) is 5.91 Å². The summed E-state index contributed by atoms with van der Waals surface area (Å²) in [5, 5.41) is 5.38. The second kappa shape index (κ2) is 8.94. The van der Waals surface area contributed by atoms with Gasteiger partial charge >= 0.3 is 0 Å². The van der Waals surface area contributed by atoms with Gasteiger partial charge in [-0.1, -0.05) is 31.9 Å². The minimum atomic E-state index is -0.357. The van der Waals surface area contributed by atoms with Crippen LogP contribution in [0.25, 0.3) is 0 Å². The van der Waals surface area contributed by atoms with Crippen LogP contribution in [0.4, 0.5) is 4.39 Å². The molecule has 0 atom stereocenters. The van der Waals surface area contributed by atoms with Gasteiger partial charge in [-0.2, -0.15) is 0 Å². The molecule has 2 N–H and O–H groups in total. The number of amides is 2. The van der Waals surface area contributed by atoms with Crippen molar-refractivity contribution in [3.63, 3.8) is 0 Å². The summed E-state index contributed by atoms with van der Waals surface area (Å²) in [6, 6.07) is 11.2. The van der Waals surface area contributed by atoms with Gasteiger partial charge in [-0.3, -0.25) is 9.59 Å². The maximum atomic E-state index is 13.2. The lowest BCUT2D eigenvalue weighted by molar-refractivity contribution is -0.121. The predicted octanol–water partition coefficient (Wildman–Crippen LogP) is 3.79. The van der Waals surface area contributed by atoms with Crippen LogP contribution in [0.5, 0.6) is 0 Å². The zero-order valence-corrected chi connectivity index (χ0v) is 15.8. The van der Waals surface area contributed by atoms with Crippen LogP contribution in [-0.4, -0.2) is 18.4 Å². The molecule has 2 aromatic carbocycles. The number of nitrogens with one attached hydrogen (secondary N) is 2. The van der Waals surface area contributed by atoms with E-state index in [2.05, 4.69) is 42.5 Å². The molecule has 0 aliphatic rings. The van der Waals surface area contributed by atoms with E-state index in [1.807, 2.05) is 0 Å². The van der Waals surface area contributed by atoms with E-state index in [1.165, 1.54) is 12.1 Å². The maximum Gasteiger partial charge on any atom is 0.251 e. The minimum absolute atomic E-state index is 0.148. The van der Waals surface area contributed by atoms with E-state index in [0.29, 0.717) is 11.1 Å². The monoisotopic (exact) mass is 456 g/mol. The molecule has 0 unspecified atom stereocenters. The summed E-state index contributed by atoms with van der Waals surface area (Å²) in [6.07, 6.45) is 0.148. The average Bonchev–Trinajstić information content (AvgIpc) is 2.56. The van der Waals surface area contributed by atoms with Crippen molar-refractivity contribution in [2.45, 2.75) is 13.0 Å². The van der Waals surface area contributed by atoms with Crippen molar-refractivity contribution in [2.24, 2.45) is 0 Å². The van der Waals surface area contributed by atoms with Gasteiger partial charge in [0.1, 0.15) is 5.82 Å². The molecule has 4 nitrogen and oxygen atoms in total. The fraction of sp³-hybridized carbons (Fsp3) is 0.176. The SMILES string of the molecule is O=C(CCNC(=O)c1ccc(Br)cc1)NCc1cc(F)ccc1Br. The molecule has 24 heavy (non-hydrogen) atoms. The lowest BCUT2D eigenvalue weighted by atomic mass is 10.2. The summed E-state index contributed by atoms with van der Waals surface area (Å²) < 4.78 is 14.8. The number of carbonyl (C=O) groups excluding carboxylic acids is 2. The average molecular weight is 458 g/mol. The van der Waals surface area contributed by atoms with Gasteiger partial charge in [-0.05, 0) is 48.0 Å².